The summed E-state index contributed by atoms with van der Waals surface area (Å²) in [5, 5.41) is 21.7. The van der Waals surface area contributed by atoms with E-state index in [0.717, 1.165) is 6.42 Å². The molecule has 1 saturated heterocycles. The summed E-state index contributed by atoms with van der Waals surface area (Å²) in [6.45, 7) is 5.50. The molecule has 1 rings (SSSR count). The molecule has 1 amide bonds. The van der Waals surface area contributed by atoms with Gasteiger partial charge in [-0.25, -0.2) is 4.79 Å². The minimum atomic E-state index is -0.458. The molecule has 1 aliphatic rings. The zero-order valence-electron chi connectivity index (χ0n) is 11.1. The minimum Gasteiger partial charge on any atom is -0.450 e. The van der Waals surface area contributed by atoms with Crippen LogP contribution < -0.4 is 5.32 Å². The topological polar surface area (TPSA) is 82.0 Å². The molecular formula is C12H24N2O4. The lowest BCUT2D eigenvalue weighted by atomic mass is 9.90. The Morgan fingerprint density at radius 2 is 2.28 bits per heavy atom. The zero-order valence-corrected chi connectivity index (χ0v) is 11.1. The van der Waals surface area contributed by atoms with Gasteiger partial charge in [-0.1, -0.05) is 0 Å². The van der Waals surface area contributed by atoms with Crippen LogP contribution in [-0.2, 0) is 4.74 Å². The average molecular weight is 260 g/mol. The second kappa shape index (κ2) is 7.56. The number of hydrogen-bond acceptors (Lipinski definition) is 5. The number of nitrogens with one attached hydrogen (secondary N) is 1. The largest absolute Gasteiger partial charge is 0.450 e. The van der Waals surface area contributed by atoms with Gasteiger partial charge in [-0.05, 0) is 20.3 Å². The van der Waals surface area contributed by atoms with Crippen molar-refractivity contribution < 1.29 is 19.7 Å². The van der Waals surface area contributed by atoms with Crippen LogP contribution in [0.5, 0.6) is 0 Å². The number of carbonyl (C=O) groups is 1. The van der Waals surface area contributed by atoms with E-state index in [4.69, 9.17) is 9.84 Å². The van der Waals surface area contributed by atoms with Gasteiger partial charge in [0.1, 0.15) is 0 Å². The van der Waals surface area contributed by atoms with Crippen LogP contribution in [0.25, 0.3) is 0 Å². The summed E-state index contributed by atoms with van der Waals surface area (Å²) in [5.74, 6) is 0.0411. The Balaban J connectivity index is 2.58. The molecule has 0 aromatic rings. The summed E-state index contributed by atoms with van der Waals surface area (Å²) in [4.78, 5) is 13.4. The first-order valence-corrected chi connectivity index (χ1v) is 6.52. The van der Waals surface area contributed by atoms with Gasteiger partial charge in [0, 0.05) is 31.6 Å². The van der Waals surface area contributed by atoms with Crippen molar-refractivity contribution in [2.75, 3.05) is 32.8 Å². The van der Waals surface area contributed by atoms with Gasteiger partial charge in [0.2, 0.25) is 0 Å². The molecule has 3 N–H and O–H groups in total. The maximum Gasteiger partial charge on any atom is 0.409 e. The van der Waals surface area contributed by atoms with Crippen molar-refractivity contribution in [3.8, 4) is 0 Å². The molecule has 0 bridgehead atoms. The highest BCUT2D eigenvalue weighted by Crippen LogP contribution is 2.20. The van der Waals surface area contributed by atoms with E-state index in [0.29, 0.717) is 26.2 Å². The Morgan fingerprint density at radius 1 is 1.56 bits per heavy atom. The van der Waals surface area contributed by atoms with Crippen molar-refractivity contribution in [2.24, 2.45) is 5.92 Å². The fourth-order valence-electron chi connectivity index (χ4n) is 2.27. The van der Waals surface area contributed by atoms with E-state index in [9.17, 15) is 9.90 Å². The van der Waals surface area contributed by atoms with Crippen LogP contribution in [0, 0.1) is 5.92 Å². The molecule has 6 nitrogen and oxygen atoms in total. The summed E-state index contributed by atoms with van der Waals surface area (Å²) in [5.41, 5.74) is 0. The summed E-state index contributed by atoms with van der Waals surface area (Å²) >= 11 is 0. The first-order chi connectivity index (χ1) is 8.58. The number of likely N-dealkylation sites (tertiary alicyclic amines) is 1. The summed E-state index contributed by atoms with van der Waals surface area (Å²) < 4.78 is 4.99. The number of amides is 1. The van der Waals surface area contributed by atoms with E-state index in [1.807, 2.05) is 0 Å². The van der Waals surface area contributed by atoms with Crippen molar-refractivity contribution in [3.63, 3.8) is 0 Å². The number of carbonyl (C=O) groups excluding carboxylic acids is 1. The van der Waals surface area contributed by atoms with Gasteiger partial charge >= 0.3 is 6.09 Å². The molecule has 106 valence electrons. The zero-order chi connectivity index (χ0) is 13.5. The predicted molar refractivity (Wildman–Crippen MR) is 67.3 cm³/mol. The fraction of sp³-hybridized carbons (Fsp3) is 0.917. The molecule has 18 heavy (non-hydrogen) atoms. The first-order valence-electron chi connectivity index (χ1n) is 6.52. The normalized spacial score (nSPS) is 25.9. The monoisotopic (exact) mass is 260 g/mol. The Kier molecular flexibility index (Phi) is 6.38. The number of piperidine rings is 1. The minimum absolute atomic E-state index is 0.0411. The summed E-state index contributed by atoms with van der Waals surface area (Å²) in [6, 6.07) is 0.0925. The van der Waals surface area contributed by atoms with E-state index in [1.165, 1.54) is 0 Å². The van der Waals surface area contributed by atoms with Crippen LogP contribution in [0.15, 0.2) is 0 Å². The Labute approximate surface area is 108 Å². The van der Waals surface area contributed by atoms with Crippen LogP contribution in [0.2, 0.25) is 0 Å². The van der Waals surface area contributed by atoms with Gasteiger partial charge in [0.05, 0.1) is 19.3 Å². The van der Waals surface area contributed by atoms with Gasteiger partial charge in [0.15, 0.2) is 0 Å². The molecule has 0 aromatic carbocycles. The van der Waals surface area contributed by atoms with E-state index in [2.05, 4.69) is 5.32 Å². The summed E-state index contributed by atoms with van der Waals surface area (Å²) in [6.07, 6.45) is 0.00686. The smallest absolute Gasteiger partial charge is 0.409 e. The number of ether oxygens (including phenoxy) is 1. The SMILES string of the molecule is CCOC(=O)N1CC(NCCO)CC(C(C)O)C1. The molecule has 3 atom stereocenters. The van der Waals surface area contributed by atoms with Crippen LogP contribution in [0.3, 0.4) is 0 Å². The third kappa shape index (κ3) is 4.44. The van der Waals surface area contributed by atoms with Crippen molar-refractivity contribution in [3.05, 3.63) is 0 Å². The lowest BCUT2D eigenvalue weighted by Crippen LogP contribution is -2.53. The van der Waals surface area contributed by atoms with Crippen LogP contribution in [0.4, 0.5) is 4.79 Å². The molecule has 1 heterocycles. The molecular weight excluding hydrogens is 236 g/mol. The number of aliphatic hydroxyl groups excluding tert-OH is 2. The number of aliphatic hydroxyl groups is 2. The van der Waals surface area contributed by atoms with Crippen molar-refractivity contribution >= 4 is 6.09 Å². The van der Waals surface area contributed by atoms with E-state index < -0.39 is 6.10 Å². The third-order valence-corrected chi connectivity index (χ3v) is 3.24. The maximum atomic E-state index is 11.7. The van der Waals surface area contributed by atoms with E-state index in [1.54, 1.807) is 18.7 Å². The molecule has 0 radical (unpaired) electrons. The quantitative estimate of drug-likeness (QED) is 0.637. The van der Waals surface area contributed by atoms with Gasteiger partial charge in [-0.2, -0.15) is 0 Å². The van der Waals surface area contributed by atoms with E-state index >= 15 is 0 Å². The highest BCUT2D eigenvalue weighted by Gasteiger charge is 2.32. The fourth-order valence-corrected chi connectivity index (χ4v) is 2.27. The Bertz CT molecular complexity index is 260. The van der Waals surface area contributed by atoms with Crippen molar-refractivity contribution in [1.82, 2.24) is 10.2 Å². The Hall–Kier alpha value is -0.850. The Morgan fingerprint density at radius 3 is 2.83 bits per heavy atom. The highest BCUT2D eigenvalue weighted by atomic mass is 16.6. The molecule has 0 spiro atoms. The van der Waals surface area contributed by atoms with Gasteiger partial charge < -0.3 is 25.2 Å². The molecule has 0 saturated carbocycles. The first kappa shape index (κ1) is 15.2. The molecule has 6 heteroatoms. The van der Waals surface area contributed by atoms with Gasteiger partial charge in [-0.15, -0.1) is 0 Å². The van der Waals surface area contributed by atoms with Crippen LogP contribution in [-0.4, -0.2) is 66.2 Å². The van der Waals surface area contributed by atoms with Crippen molar-refractivity contribution in [1.29, 1.82) is 0 Å². The molecule has 0 aliphatic carbocycles. The summed E-state index contributed by atoms with van der Waals surface area (Å²) in [7, 11) is 0. The van der Waals surface area contributed by atoms with E-state index in [-0.39, 0.29) is 24.7 Å². The maximum absolute atomic E-state index is 11.7. The molecule has 1 aliphatic heterocycles. The molecule has 0 aromatic heterocycles. The van der Waals surface area contributed by atoms with Crippen molar-refractivity contribution in [2.45, 2.75) is 32.4 Å². The second-order valence-electron chi connectivity index (χ2n) is 4.71. The lowest BCUT2D eigenvalue weighted by Gasteiger charge is -2.38. The number of nitrogens with zero attached hydrogens (tertiary/aromatic N) is 1. The highest BCUT2D eigenvalue weighted by molar-refractivity contribution is 5.67. The molecule has 3 unspecified atom stereocenters. The van der Waals surface area contributed by atoms with Gasteiger partial charge in [-0.3, -0.25) is 0 Å². The van der Waals surface area contributed by atoms with Gasteiger partial charge in [0.25, 0.3) is 0 Å². The molecule has 1 fully saturated rings. The lowest BCUT2D eigenvalue weighted by molar-refractivity contribution is 0.0373. The number of hydrogen-bond donors (Lipinski definition) is 3. The average Bonchev–Trinajstić information content (AvgIpc) is 2.36. The third-order valence-electron chi connectivity index (χ3n) is 3.24. The van der Waals surface area contributed by atoms with Crippen LogP contribution in [0.1, 0.15) is 20.3 Å². The second-order valence-corrected chi connectivity index (χ2v) is 4.71. The number of rotatable bonds is 5. The standard InChI is InChI=1S/C12H24N2O4/c1-3-18-12(17)14-7-10(9(2)16)6-11(8-14)13-4-5-15/h9-11,13,15-16H,3-8H2,1-2H3. The predicted octanol–water partition coefficient (Wildman–Crippen LogP) is -0.204. The van der Waals surface area contributed by atoms with Crippen LogP contribution >= 0.6 is 0 Å².